The highest BCUT2D eigenvalue weighted by Crippen LogP contribution is 2.09. The van der Waals surface area contributed by atoms with Crippen molar-refractivity contribution in [1.82, 2.24) is 14.9 Å². The molecular weight excluding hydrogens is 224 g/mol. The third-order valence-corrected chi connectivity index (χ3v) is 2.49. The summed E-state index contributed by atoms with van der Waals surface area (Å²) in [5, 5.41) is 15.8. The molecule has 0 fully saturated rings. The first-order valence-corrected chi connectivity index (χ1v) is 5.23. The highest BCUT2D eigenvalue weighted by atomic mass is 32.1. The van der Waals surface area contributed by atoms with Crippen LogP contribution < -0.4 is 5.43 Å². The number of phenols is 1. The van der Waals surface area contributed by atoms with Crippen LogP contribution in [0.3, 0.4) is 0 Å². The maximum atomic E-state index is 9.14. The summed E-state index contributed by atoms with van der Waals surface area (Å²) >= 11 is 5.05. The van der Waals surface area contributed by atoms with Crippen molar-refractivity contribution in [2.45, 2.75) is 13.5 Å². The molecule has 1 heterocycles. The van der Waals surface area contributed by atoms with Crippen molar-refractivity contribution < 1.29 is 5.11 Å². The topological polar surface area (TPSA) is 65.9 Å². The van der Waals surface area contributed by atoms with Crippen molar-refractivity contribution in [2.75, 3.05) is 5.43 Å². The summed E-state index contributed by atoms with van der Waals surface area (Å²) in [6, 6.07) is 7.00. The zero-order chi connectivity index (χ0) is 11.5. The maximum Gasteiger partial charge on any atom is 0.214 e. The summed E-state index contributed by atoms with van der Waals surface area (Å²) in [7, 11) is 0. The van der Waals surface area contributed by atoms with E-state index in [4.69, 9.17) is 17.3 Å². The molecule has 0 aliphatic carbocycles. The van der Waals surface area contributed by atoms with Gasteiger partial charge in [-0.25, -0.2) is 4.68 Å². The Morgan fingerprint density at radius 1 is 1.44 bits per heavy atom. The highest BCUT2D eigenvalue weighted by molar-refractivity contribution is 7.71. The summed E-state index contributed by atoms with van der Waals surface area (Å²) < 4.78 is 2.25. The molecule has 6 heteroatoms. The van der Waals surface area contributed by atoms with E-state index < -0.39 is 0 Å². The van der Waals surface area contributed by atoms with Gasteiger partial charge in [0.05, 0.1) is 6.54 Å². The number of hydrogen-bond donors (Lipinski definition) is 3. The molecule has 3 N–H and O–H groups in total. The molecule has 0 atom stereocenters. The van der Waals surface area contributed by atoms with Gasteiger partial charge in [0, 0.05) is 0 Å². The molecule has 0 aliphatic rings. The van der Waals surface area contributed by atoms with Gasteiger partial charge in [-0.15, -0.1) is 0 Å². The van der Waals surface area contributed by atoms with Crippen LogP contribution in [0.25, 0.3) is 0 Å². The first-order chi connectivity index (χ1) is 7.66. The number of nitrogens with zero attached hydrogens (tertiary/aromatic N) is 2. The number of aromatic amines is 1. The monoisotopic (exact) mass is 236 g/mol. The van der Waals surface area contributed by atoms with Crippen molar-refractivity contribution in [3.05, 3.63) is 40.4 Å². The lowest BCUT2D eigenvalue weighted by Gasteiger charge is -2.07. The molecule has 0 saturated carbocycles. The van der Waals surface area contributed by atoms with E-state index in [9.17, 15) is 0 Å². The first kappa shape index (κ1) is 10.7. The second kappa shape index (κ2) is 4.36. The molecular formula is C10H12N4OS. The lowest BCUT2D eigenvalue weighted by atomic mass is 10.2. The lowest BCUT2D eigenvalue weighted by Crippen LogP contribution is -2.15. The van der Waals surface area contributed by atoms with Gasteiger partial charge in [0.25, 0.3) is 0 Å². The van der Waals surface area contributed by atoms with Crippen LogP contribution in [-0.4, -0.2) is 20.0 Å². The molecule has 2 aromatic rings. The zero-order valence-electron chi connectivity index (χ0n) is 8.77. The van der Waals surface area contributed by atoms with Gasteiger partial charge in [0.2, 0.25) is 4.77 Å². The second-order valence-corrected chi connectivity index (χ2v) is 3.80. The summed E-state index contributed by atoms with van der Waals surface area (Å²) in [5.74, 6) is 1.05. The number of hydrogen-bond acceptors (Lipinski definition) is 4. The van der Waals surface area contributed by atoms with Crippen LogP contribution in [0.2, 0.25) is 0 Å². The van der Waals surface area contributed by atoms with E-state index in [1.807, 2.05) is 19.1 Å². The van der Waals surface area contributed by atoms with Crippen molar-refractivity contribution in [1.29, 1.82) is 0 Å². The van der Waals surface area contributed by atoms with E-state index >= 15 is 0 Å². The SMILES string of the molecule is Cc1n[nH]c(=S)n1NCc1ccc(O)cc1. The third kappa shape index (κ3) is 2.22. The third-order valence-electron chi connectivity index (χ3n) is 2.22. The summed E-state index contributed by atoms with van der Waals surface area (Å²) in [5.41, 5.74) is 4.19. The molecule has 0 bridgehead atoms. The number of phenolic OH excluding ortho intramolecular Hbond substituents is 1. The number of aryl methyl sites for hydroxylation is 1. The van der Waals surface area contributed by atoms with Crippen LogP contribution in [0.5, 0.6) is 5.75 Å². The normalized spacial score (nSPS) is 10.3. The van der Waals surface area contributed by atoms with Crippen LogP contribution in [0.1, 0.15) is 11.4 Å². The average Bonchev–Trinajstić information content (AvgIpc) is 2.59. The predicted molar refractivity (Wildman–Crippen MR) is 63.3 cm³/mol. The Morgan fingerprint density at radius 3 is 2.69 bits per heavy atom. The lowest BCUT2D eigenvalue weighted by molar-refractivity contribution is 0.475. The Hall–Kier alpha value is -1.82. The van der Waals surface area contributed by atoms with Crippen LogP contribution >= 0.6 is 12.2 Å². The molecule has 0 spiro atoms. The van der Waals surface area contributed by atoms with Gasteiger partial charge in [-0.2, -0.15) is 5.10 Å². The van der Waals surface area contributed by atoms with Gasteiger partial charge in [-0.1, -0.05) is 12.1 Å². The fourth-order valence-electron chi connectivity index (χ4n) is 1.35. The van der Waals surface area contributed by atoms with Crippen molar-refractivity contribution >= 4 is 12.2 Å². The van der Waals surface area contributed by atoms with Gasteiger partial charge in [-0.3, -0.25) is 5.10 Å². The number of H-pyrrole nitrogens is 1. The Labute approximate surface area is 97.7 Å². The van der Waals surface area contributed by atoms with E-state index in [2.05, 4.69) is 15.6 Å². The van der Waals surface area contributed by atoms with Crippen molar-refractivity contribution in [3.8, 4) is 5.75 Å². The minimum atomic E-state index is 0.264. The molecule has 0 saturated heterocycles. The van der Waals surface area contributed by atoms with Gasteiger partial charge in [-0.05, 0) is 36.8 Å². The van der Waals surface area contributed by atoms with Crippen LogP contribution in [0, 0.1) is 11.7 Å². The van der Waals surface area contributed by atoms with Gasteiger partial charge in [0.1, 0.15) is 11.6 Å². The van der Waals surface area contributed by atoms with Crippen molar-refractivity contribution in [2.24, 2.45) is 0 Å². The number of rotatable bonds is 3. The molecule has 1 aromatic heterocycles. The molecule has 0 radical (unpaired) electrons. The zero-order valence-corrected chi connectivity index (χ0v) is 9.58. The Bertz CT molecular complexity index is 528. The minimum absolute atomic E-state index is 0.264. The Morgan fingerprint density at radius 2 is 2.12 bits per heavy atom. The molecule has 84 valence electrons. The molecule has 0 aliphatic heterocycles. The van der Waals surface area contributed by atoms with Crippen LogP contribution in [0.4, 0.5) is 0 Å². The molecule has 2 rings (SSSR count). The predicted octanol–water partition coefficient (Wildman–Crippen LogP) is 1.70. The van der Waals surface area contributed by atoms with Crippen LogP contribution in [-0.2, 0) is 6.54 Å². The standard InChI is InChI=1S/C10H12N4OS/c1-7-12-13-10(16)14(7)11-6-8-2-4-9(15)5-3-8/h2-5,11,15H,6H2,1H3,(H,13,16). The molecule has 5 nitrogen and oxygen atoms in total. The smallest absolute Gasteiger partial charge is 0.214 e. The molecule has 0 unspecified atom stereocenters. The van der Waals surface area contributed by atoms with Gasteiger partial charge in [0.15, 0.2) is 0 Å². The van der Waals surface area contributed by atoms with E-state index in [1.165, 1.54) is 0 Å². The van der Waals surface area contributed by atoms with E-state index in [-0.39, 0.29) is 5.75 Å². The highest BCUT2D eigenvalue weighted by Gasteiger charge is 1.99. The maximum absolute atomic E-state index is 9.14. The van der Waals surface area contributed by atoms with Gasteiger partial charge >= 0.3 is 0 Å². The van der Waals surface area contributed by atoms with Crippen LogP contribution in [0.15, 0.2) is 24.3 Å². The number of aromatic nitrogens is 3. The molecule has 1 aromatic carbocycles. The number of benzene rings is 1. The minimum Gasteiger partial charge on any atom is -0.508 e. The van der Waals surface area contributed by atoms with Gasteiger partial charge < -0.3 is 10.5 Å². The quantitative estimate of drug-likeness (QED) is 0.710. The number of nitrogens with one attached hydrogen (secondary N) is 2. The largest absolute Gasteiger partial charge is 0.508 e. The second-order valence-electron chi connectivity index (χ2n) is 3.41. The van der Waals surface area contributed by atoms with E-state index in [1.54, 1.807) is 16.8 Å². The fraction of sp³-hybridized carbons (Fsp3) is 0.200. The van der Waals surface area contributed by atoms with E-state index in [0.29, 0.717) is 11.3 Å². The summed E-state index contributed by atoms with van der Waals surface area (Å²) in [4.78, 5) is 0. The molecule has 0 amide bonds. The van der Waals surface area contributed by atoms with Crippen molar-refractivity contribution in [3.63, 3.8) is 0 Å². The molecule has 16 heavy (non-hydrogen) atoms. The van der Waals surface area contributed by atoms with E-state index in [0.717, 1.165) is 11.4 Å². The number of aromatic hydroxyl groups is 1. The fourth-order valence-corrected chi connectivity index (χ4v) is 1.59. The average molecular weight is 236 g/mol. The summed E-state index contributed by atoms with van der Waals surface area (Å²) in [6.07, 6.45) is 0. The Balaban J connectivity index is 2.08. The Kier molecular flexibility index (Phi) is 2.91. The summed E-state index contributed by atoms with van der Waals surface area (Å²) in [6.45, 7) is 2.48. The first-order valence-electron chi connectivity index (χ1n) is 4.82.